The summed E-state index contributed by atoms with van der Waals surface area (Å²) in [5.41, 5.74) is -0.270. The van der Waals surface area contributed by atoms with Crippen LogP contribution in [0.25, 0.3) is 0 Å². The van der Waals surface area contributed by atoms with Crippen molar-refractivity contribution in [3.05, 3.63) is 36.4 Å². The molecule has 0 spiro atoms. The Kier molecular flexibility index (Phi) is 4.14. The fraction of sp³-hybridized carbons (Fsp3) is 0.100. The number of carboxylic acid groups (broad SMARTS) is 1. The first-order valence-electron chi connectivity index (χ1n) is 4.42. The van der Waals surface area contributed by atoms with Gasteiger partial charge in [-0.1, -0.05) is 12.7 Å². The van der Waals surface area contributed by atoms with Gasteiger partial charge in [-0.05, 0) is 18.2 Å². The molecule has 1 N–H and O–H groups in total. The van der Waals surface area contributed by atoms with Crippen LogP contribution in [0, 0.1) is 0 Å². The minimum absolute atomic E-state index is 0.0569. The normalized spacial score (nSPS) is 10.9. The molecule has 0 unspecified atom stereocenters. The molecule has 1 aromatic rings. The molecule has 0 saturated carbocycles. The molecule has 0 saturated heterocycles. The molecule has 0 aliphatic heterocycles. The summed E-state index contributed by atoms with van der Waals surface area (Å²) < 4.78 is 27.2. The molecule has 0 heterocycles. The average molecular weight is 277 g/mol. The summed E-state index contributed by atoms with van der Waals surface area (Å²) in [6, 6.07) is 3.36. The third-order valence-electron chi connectivity index (χ3n) is 1.82. The van der Waals surface area contributed by atoms with Crippen molar-refractivity contribution in [3.63, 3.8) is 0 Å². The molecule has 0 bridgehead atoms. The molecule has 0 aliphatic carbocycles. The van der Waals surface area contributed by atoms with Crippen LogP contribution in [0.1, 0.15) is 10.4 Å². The van der Waals surface area contributed by atoms with Crippen LogP contribution in [-0.4, -0.2) is 26.1 Å². The van der Waals surface area contributed by atoms with Gasteiger partial charge in [0.05, 0.1) is 4.90 Å². The van der Waals surface area contributed by atoms with Crippen molar-refractivity contribution in [3.8, 4) is 5.75 Å². The van der Waals surface area contributed by atoms with Crippen molar-refractivity contribution in [2.45, 2.75) is 4.90 Å². The lowest BCUT2D eigenvalue weighted by atomic mass is 10.2. The SMILES string of the molecule is C=CCOc1ccc(S(=O)(=O)Cl)cc1C(=O)O. The number of hydrogen-bond acceptors (Lipinski definition) is 4. The molecule has 1 rings (SSSR count). The molecule has 7 heteroatoms. The lowest BCUT2D eigenvalue weighted by molar-refractivity contribution is 0.0692. The molecular formula is C10H9ClO5S. The molecular weight excluding hydrogens is 268 g/mol. The maximum absolute atomic E-state index is 11.0. The Labute approximate surface area is 103 Å². The van der Waals surface area contributed by atoms with Gasteiger partial charge in [0.2, 0.25) is 0 Å². The first kappa shape index (κ1) is 13.5. The van der Waals surface area contributed by atoms with Gasteiger partial charge < -0.3 is 9.84 Å². The maximum atomic E-state index is 11.0. The Bertz CT molecular complexity index is 550. The summed E-state index contributed by atoms with van der Waals surface area (Å²) in [4.78, 5) is 10.6. The highest BCUT2D eigenvalue weighted by atomic mass is 35.7. The van der Waals surface area contributed by atoms with E-state index in [-0.39, 0.29) is 22.8 Å². The Morgan fingerprint density at radius 1 is 1.53 bits per heavy atom. The van der Waals surface area contributed by atoms with E-state index < -0.39 is 15.0 Å². The van der Waals surface area contributed by atoms with Crippen molar-refractivity contribution in [1.82, 2.24) is 0 Å². The van der Waals surface area contributed by atoms with Crippen molar-refractivity contribution < 1.29 is 23.1 Å². The van der Waals surface area contributed by atoms with E-state index in [1.54, 1.807) is 0 Å². The number of halogens is 1. The Balaban J connectivity index is 3.27. The lowest BCUT2D eigenvalue weighted by Crippen LogP contribution is -2.05. The summed E-state index contributed by atoms with van der Waals surface area (Å²) >= 11 is 0. The zero-order valence-electron chi connectivity index (χ0n) is 8.59. The van der Waals surface area contributed by atoms with Gasteiger partial charge in [0.25, 0.3) is 9.05 Å². The van der Waals surface area contributed by atoms with Gasteiger partial charge in [0.15, 0.2) is 0 Å². The largest absolute Gasteiger partial charge is 0.489 e. The zero-order valence-corrected chi connectivity index (χ0v) is 10.2. The van der Waals surface area contributed by atoms with Gasteiger partial charge in [-0.2, -0.15) is 0 Å². The first-order chi connectivity index (χ1) is 7.86. The van der Waals surface area contributed by atoms with Gasteiger partial charge in [-0.3, -0.25) is 0 Å². The smallest absolute Gasteiger partial charge is 0.339 e. The second-order valence-electron chi connectivity index (χ2n) is 3.00. The predicted octanol–water partition coefficient (Wildman–Crippen LogP) is 1.88. The fourth-order valence-electron chi connectivity index (χ4n) is 1.10. The Morgan fingerprint density at radius 3 is 2.65 bits per heavy atom. The van der Waals surface area contributed by atoms with E-state index in [0.717, 1.165) is 6.07 Å². The van der Waals surface area contributed by atoms with Crippen molar-refractivity contribution in [2.24, 2.45) is 0 Å². The van der Waals surface area contributed by atoms with E-state index in [1.807, 2.05) is 0 Å². The third kappa shape index (κ3) is 3.47. The minimum atomic E-state index is -3.96. The Morgan fingerprint density at radius 2 is 2.18 bits per heavy atom. The molecule has 0 fully saturated rings. The number of hydrogen-bond donors (Lipinski definition) is 1. The number of rotatable bonds is 5. The highest BCUT2D eigenvalue weighted by Crippen LogP contribution is 2.24. The van der Waals surface area contributed by atoms with Gasteiger partial charge in [0.1, 0.15) is 17.9 Å². The van der Waals surface area contributed by atoms with Gasteiger partial charge in [0, 0.05) is 10.7 Å². The number of carbonyl (C=O) groups is 1. The number of benzene rings is 1. The molecule has 0 amide bonds. The number of ether oxygens (including phenoxy) is 1. The molecule has 17 heavy (non-hydrogen) atoms. The summed E-state index contributed by atoms with van der Waals surface area (Å²) in [7, 11) is 1.15. The first-order valence-corrected chi connectivity index (χ1v) is 6.73. The van der Waals surface area contributed by atoms with Crippen LogP contribution < -0.4 is 4.74 Å². The molecule has 1 aromatic carbocycles. The molecule has 92 valence electrons. The zero-order chi connectivity index (χ0) is 13.1. The quantitative estimate of drug-likeness (QED) is 0.656. The van der Waals surface area contributed by atoms with E-state index in [0.29, 0.717) is 0 Å². The summed E-state index contributed by atoms with van der Waals surface area (Å²) in [6.45, 7) is 3.54. The van der Waals surface area contributed by atoms with Crippen LogP contribution in [0.3, 0.4) is 0 Å². The lowest BCUT2D eigenvalue weighted by Gasteiger charge is -2.07. The van der Waals surface area contributed by atoms with Crippen LogP contribution in [0.2, 0.25) is 0 Å². The van der Waals surface area contributed by atoms with E-state index in [9.17, 15) is 13.2 Å². The summed E-state index contributed by atoms with van der Waals surface area (Å²) in [6.07, 6.45) is 1.44. The fourth-order valence-corrected chi connectivity index (χ4v) is 1.88. The predicted molar refractivity (Wildman–Crippen MR) is 62.1 cm³/mol. The topological polar surface area (TPSA) is 80.7 Å². The van der Waals surface area contributed by atoms with Crippen molar-refractivity contribution in [2.75, 3.05) is 6.61 Å². The minimum Gasteiger partial charge on any atom is -0.489 e. The average Bonchev–Trinajstić information content (AvgIpc) is 2.24. The molecule has 0 radical (unpaired) electrons. The highest BCUT2D eigenvalue weighted by molar-refractivity contribution is 8.13. The standard InChI is InChI=1S/C10H9ClO5S/c1-2-5-16-9-4-3-7(17(11,14)15)6-8(9)10(12)13/h2-4,6H,1,5H2,(H,12,13). The summed E-state index contributed by atoms with van der Waals surface area (Å²) in [5.74, 6) is -1.24. The second kappa shape index (κ2) is 5.20. The van der Waals surface area contributed by atoms with Crippen molar-refractivity contribution in [1.29, 1.82) is 0 Å². The number of aromatic carboxylic acids is 1. The van der Waals surface area contributed by atoms with Crippen LogP contribution in [0.5, 0.6) is 5.75 Å². The van der Waals surface area contributed by atoms with Gasteiger partial charge >= 0.3 is 5.97 Å². The monoisotopic (exact) mass is 276 g/mol. The van der Waals surface area contributed by atoms with Gasteiger partial charge in [-0.15, -0.1) is 0 Å². The maximum Gasteiger partial charge on any atom is 0.339 e. The van der Waals surface area contributed by atoms with Crippen molar-refractivity contribution >= 4 is 25.7 Å². The Hall–Kier alpha value is -1.53. The molecule has 5 nitrogen and oxygen atoms in total. The van der Waals surface area contributed by atoms with E-state index in [4.69, 9.17) is 20.5 Å². The third-order valence-corrected chi connectivity index (χ3v) is 3.17. The summed E-state index contributed by atoms with van der Waals surface area (Å²) in [5, 5.41) is 8.91. The van der Waals surface area contributed by atoms with Crippen LogP contribution in [0.15, 0.2) is 35.7 Å². The van der Waals surface area contributed by atoms with E-state index in [1.165, 1.54) is 18.2 Å². The van der Waals surface area contributed by atoms with E-state index in [2.05, 4.69) is 6.58 Å². The van der Waals surface area contributed by atoms with E-state index >= 15 is 0 Å². The molecule has 0 aromatic heterocycles. The number of carboxylic acids is 1. The highest BCUT2D eigenvalue weighted by Gasteiger charge is 2.17. The van der Waals surface area contributed by atoms with Crippen LogP contribution >= 0.6 is 10.7 Å². The van der Waals surface area contributed by atoms with Crippen LogP contribution in [0.4, 0.5) is 0 Å². The van der Waals surface area contributed by atoms with Crippen LogP contribution in [-0.2, 0) is 9.05 Å². The molecule has 0 aliphatic rings. The molecule has 0 atom stereocenters. The van der Waals surface area contributed by atoms with Gasteiger partial charge in [-0.25, -0.2) is 13.2 Å². The second-order valence-corrected chi connectivity index (χ2v) is 5.57.